The molecule has 0 unspecified atom stereocenters. The largest absolute Gasteiger partial charge is 0.414 e. The average Bonchev–Trinajstić information content (AvgIpc) is 3.03. The van der Waals surface area contributed by atoms with Crippen molar-refractivity contribution in [3.8, 4) is 23.0 Å². The van der Waals surface area contributed by atoms with Crippen LogP contribution in [0.4, 0.5) is 5.69 Å². The summed E-state index contributed by atoms with van der Waals surface area (Å²) in [5.41, 5.74) is -0.197. The van der Waals surface area contributed by atoms with E-state index in [1.807, 2.05) is 0 Å². The molecule has 0 atom stereocenters. The minimum atomic E-state index is -3.67. The van der Waals surface area contributed by atoms with Crippen molar-refractivity contribution < 1.29 is 17.8 Å². The normalized spacial score (nSPS) is 11.4. The van der Waals surface area contributed by atoms with Crippen molar-refractivity contribution in [3.63, 3.8) is 0 Å². The fourth-order valence-corrected chi connectivity index (χ4v) is 2.59. The summed E-state index contributed by atoms with van der Waals surface area (Å²) >= 11 is 5.96. The molecular formula is C13H8ClN5O5S. The maximum atomic E-state index is 11.6. The molecule has 0 amide bonds. The predicted octanol–water partition coefficient (Wildman–Crippen LogP) is 2.16. The molecule has 0 N–H and O–H groups in total. The first-order valence-corrected chi connectivity index (χ1v) is 8.84. The SMILES string of the molecule is CS(=O)(=O)c1ncc(Cl)c(-c2nnc(-c3ccccc3[N+](=O)[O-])o2)n1. The smallest absolute Gasteiger partial charge is 0.282 e. The summed E-state index contributed by atoms with van der Waals surface area (Å²) in [6.45, 7) is 0. The molecule has 1 aromatic carbocycles. The fraction of sp³-hybridized carbons (Fsp3) is 0.0769. The monoisotopic (exact) mass is 381 g/mol. The first kappa shape index (κ1) is 16.9. The number of sulfone groups is 1. The minimum absolute atomic E-state index is 0.00911. The van der Waals surface area contributed by atoms with Crippen molar-refractivity contribution in [3.05, 3.63) is 45.6 Å². The molecule has 128 valence electrons. The molecular weight excluding hydrogens is 374 g/mol. The van der Waals surface area contributed by atoms with E-state index in [4.69, 9.17) is 16.0 Å². The van der Waals surface area contributed by atoms with Gasteiger partial charge in [-0.1, -0.05) is 23.7 Å². The Hall–Kier alpha value is -2.92. The molecule has 3 aromatic rings. The number of aromatic nitrogens is 4. The third-order valence-electron chi connectivity index (χ3n) is 3.01. The van der Waals surface area contributed by atoms with Gasteiger partial charge >= 0.3 is 0 Å². The van der Waals surface area contributed by atoms with Gasteiger partial charge in [0.2, 0.25) is 15.0 Å². The Labute approximate surface area is 145 Å². The van der Waals surface area contributed by atoms with E-state index in [0.717, 1.165) is 12.5 Å². The van der Waals surface area contributed by atoms with Gasteiger partial charge in [0.1, 0.15) is 5.56 Å². The van der Waals surface area contributed by atoms with Crippen LogP contribution in [-0.4, -0.2) is 39.8 Å². The number of nitrogens with zero attached hydrogens (tertiary/aromatic N) is 5. The van der Waals surface area contributed by atoms with Crippen molar-refractivity contribution in [1.82, 2.24) is 20.2 Å². The van der Waals surface area contributed by atoms with Crippen LogP contribution in [-0.2, 0) is 9.84 Å². The number of hydrogen-bond donors (Lipinski definition) is 0. The summed E-state index contributed by atoms with van der Waals surface area (Å²) in [4.78, 5) is 17.9. The molecule has 12 heteroatoms. The molecule has 10 nitrogen and oxygen atoms in total. The average molecular weight is 382 g/mol. The maximum Gasteiger partial charge on any atom is 0.282 e. The zero-order valence-electron chi connectivity index (χ0n) is 12.5. The number of benzene rings is 1. The summed E-state index contributed by atoms with van der Waals surface area (Å²) in [5.74, 6) is -0.316. The second kappa shape index (κ2) is 6.18. The topological polar surface area (TPSA) is 142 Å². The van der Waals surface area contributed by atoms with Crippen molar-refractivity contribution >= 4 is 27.1 Å². The lowest BCUT2D eigenvalue weighted by molar-refractivity contribution is -0.384. The van der Waals surface area contributed by atoms with Crippen LogP contribution < -0.4 is 0 Å². The van der Waals surface area contributed by atoms with Crippen LogP contribution in [0.2, 0.25) is 5.02 Å². The molecule has 0 bridgehead atoms. The van der Waals surface area contributed by atoms with Gasteiger partial charge in [0.15, 0.2) is 5.69 Å². The number of hydrogen-bond acceptors (Lipinski definition) is 9. The molecule has 0 spiro atoms. The molecule has 0 aliphatic heterocycles. The van der Waals surface area contributed by atoms with Gasteiger partial charge < -0.3 is 4.42 Å². The molecule has 2 heterocycles. The Morgan fingerprint density at radius 1 is 1.20 bits per heavy atom. The minimum Gasteiger partial charge on any atom is -0.414 e. The second-order valence-electron chi connectivity index (χ2n) is 4.81. The molecule has 3 rings (SSSR count). The number of para-hydroxylation sites is 1. The number of rotatable bonds is 4. The van der Waals surface area contributed by atoms with Crippen molar-refractivity contribution in [2.45, 2.75) is 5.16 Å². The van der Waals surface area contributed by atoms with Gasteiger partial charge in [-0.2, -0.15) is 0 Å². The highest BCUT2D eigenvalue weighted by atomic mass is 35.5. The standard InChI is InChI=1S/C13H8ClN5O5S/c1-25(22,23)13-15-6-8(14)10(16-13)12-18-17-11(24-12)7-4-2-3-5-9(7)19(20)21/h2-6H,1H3. The van der Waals surface area contributed by atoms with Gasteiger partial charge in [-0.25, -0.2) is 18.4 Å². The van der Waals surface area contributed by atoms with Crippen molar-refractivity contribution in [1.29, 1.82) is 0 Å². The van der Waals surface area contributed by atoms with Crippen LogP contribution in [0.1, 0.15) is 0 Å². The highest BCUT2D eigenvalue weighted by Crippen LogP contribution is 2.32. The molecule has 0 fully saturated rings. The van der Waals surface area contributed by atoms with E-state index in [1.54, 1.807) is 6.07 Å². The van der Waals surface area contributed by atoms with Gasteiger partial charge in [0.25, 0.3) is 17.5 Å². The van der Waals surface area contributed by atoms with Gasteiger partial charge in [0, 0.05) is 12.3 Å². The van der Waals surface area contributed by atoms with Crippen LogP contribution in [0.3, 0.4) is 0 Å². The lowest BCUT2D eigenvalue weighted by atomic mass is 10.2. The van der Waals surface area contributed by atoms with E-state index in [1.165, 1.54) is 18.2 Å². The Morgan fingerprint density at radius 3 is 2.56 bits per heavy atom. The summed E-state index contributed by atoms with van der Waals surface area (Å²) in [6.07, 6.45) is 2.03. The van der Waals surface area contributed by atoms with E-state index in [0.29, 0.717) is 0 Å². The van der Waals surface area contributed by atoms with Crippen LogP contribution in [0.15, 0.2) is 40.0 Å². The van der Waals surface area contributed by atoms with Crippen LogP contribution in [0.5, 0.6) is 0 Å². The summed E-state index contributed by atoms with van der Waals surface area (Å²) in [6, 6.07) is 5.81. The Balaban J connectivity index is 2.11. The quantitative estimate of drug-likeness (QED) is 0.377. The Morgan fingerprint density at radius 2 is 1.88 bits per heavy atom. The van der Waals surface area contributed by atoms with Crippen LogP contribution >= 0.6 is 11.6 Å². The summed E-state index contributed by atoms with van der Waals surface area (Å²) in [7, 11) is -3.67. The maximum absolute atomic E-state index is 11.6. The summed E-state index contributed by atoms with van der Waals surface area (Å²) in [5, 5.41) is 18.1. The Bertz CT molecular complexity index is 1080. The second-order valence-corrected chi connectivity index (χ2v) is 7.12. The van der Waals surface area contributed by atoms with E-state index in [2.05, 4.69) is 20.2 Å². The number of nitro benzene ring substituents is 1. The molecule has 0 aliphatic carbocycles. The van der Waals surface area contributed by atoms with E-state index in [-0.39, 0.29) is 33.7 Å². The number of nitro groups is 1. The van der Waals surface area contributed by atoms with Gasteiger partial charge in [0.05, 0.1) is 16.1 Å². The number of halogens is 1. The van der Waals surface area contributed by atoms with Crippen molar-refractivity contribution in [2.75, 3.05) is 6.26 Å². The molecule has 0 saturated carbocycles. The van der Waals surface area contributed by atoms with Crippen LogP contribution in [0, 0.1) is 10.1 Å². The van der Waals surface area contributed by atoms with Gasteiger partial charge in [-0.15, -0.1) is 10.2 Å². The van der Waals surface area contributed by atoms with Gasteiger partial charge in [-0.3, -0.25) is 10.1 Å². The zero-order chi connectivity index (χ0) is 18.2. The highest BCUT2D eigenvalue weighted by molar-refractivity contribution is 7.90. The zero-order valence-corrected chi connectivity index (χ0v) is 14.0. The third-order valence-corrected chi connectivity index (χ3v) is 4.15. The molecule has 25 heavy (non-hydrogen) atoms. The highest BCUT2D eigenvalue weighted by Gasteiger charge is 2.23. The molecule has 0 radical (unpaired) electrons. The van der Waals surface area contributed by atoms with Crippen LogP contribution in [0.25, 0.3) is 23.0 Å². The van der Waals surface area contributed by atoms with Crippen molar-refractivity contribution in [2.24, 2.45) is 0 Å². The predicted molar refractivity (Wildman–Crippen MR) is 85.5 cm³/mol. The fourth-order valence-electron chi connectivity index (χ4n) is 1.92. The first-order chi connectivity index (χ1) is 11.8. The summed E-state index contributed by atoms with van der Waals surface area (Å²) < 4.78 is 28.5. The van der Waals surface area contributed by atoms with Gasteiger partial charge in [-0.05, 0) is 6.07 Å². The lowest BCUT2D eigenvalue weighted by Gasteiger charge is -2.01. The molecule has 0 aliphatic rings. The van der Waals surface area contributed by atoms with E-state index < -0.39 is 19.9 Å². The Kier molecular flexibility index (Phi) is 4.18. The lowest BCUT2D eigenvalue weighted by Crippen LogP contribution is -2.05. The molecule has 2 aromatic heterocycles. The van der Waals surface area contributed by atoms with E-state index in [9.17, 15) is 18.5 Å². The third kappa shape index (κ3) is 3.32. The molecule has 0 saturated heterocycles. The first-order valence-electron chi connectivity index (χ1n) is 6.57. The van der Waals surface area contributed by atoms with E-state index >= 15 is 0 Å².